The first-order valence-corrected chi connectivity index (χ1v) is 8.82. The number of fused-ring (bicyclic) bond motifs is 1. The normalized spacial score (nSPS) is 24.7. The number of carbonyl (C=O) groups is 1. The zero-order valence-electron chi connectivity index (χ0n) is 14.3. The zero-order valence-corrected chi connectivity index (χ0v) is 14.3. The standard InChI is InChI=1S/C19H28N2O2/c1-14-6-7-18(23-2)16(11-14)12-19(22)21-10-8-17-15(13-21)5-3-4-9-20-17/h6-7,11,15,17,20H,3-5,8-10,12-13H2,1-2H3/t15-,17-/m1/s1. The third kappa shape index (κ3) is 3.86. The average Bonchev–Trinajstić information content (AvgIpc) is 2.79. The highest BCUT2D eigenvalue weighted by Crippen LogP contribution is 2.26. The van der Waals surface area contributed by atoms with E-state index in [1.54, 1.807) is 7.11 Å². The summed E-state index contributed by atoms with van der Waals surface area (Å²) in [7, 11) is 1.67. The fourth-order valence-corrected chi connectivity index (χ4v) is 3.96. The molecule has 2 saturated heterocycles. The molecular formula is C19H28N2O2. The number of ether oxygens (including phenoxy) is 1. The molecule has 4 heteroatoms. The van der Waals surface area contributed by atoms with Gasteiger partial charge in [0.25, 0.3) is 0 Å². The van der Waals surface area contributed by atoms with E-state index in [9.17, 15) is 4.79 Å². The van der Waals surface area contributed by atoms with E-state index >= 15 is 0 Å². The molecule has 1 aromatic rings. The Balaban J connectivity index is 1.66. The molecule has 4 nitrogen and oxygen atoms in total. The summed E-state index contributed by atoms with van der Waals surface area (Å²) >= 11 is 0. The van der Waals surface area contributed by atoms with E-state index in [0.29, 0.717) is 18.4 Å². The molecular weight excluding hydrogens is 288 g/mol. The monoisotopic (exact) mass is 316 g/mol. The van der Waals surface area contributed by atoms with Gasteiger partial charge in [0.1, 0.15) is 5.75 Å². The van der Waals surface area contributed by atoms with Crippen molar-refractivity contribution in [3.63, 3.8) is 0 Å². The second-order valence-corrected chi connectivity index (χ2v) is 6.94. The second kappa shape index (κ2) is 7.35. The number of nitrogens with one attached hydrogen (secondary N) is 1. The molecule has 2 aliphatic rings. The number of piperidine rings is 1. The lowest BCUT2D eigenvalue weighted by Gasteiger charge is -2.38. The smallest absolute Gasteiger partial charge is 0.227 e. The summed E-state index contributed by atoms with van der Waals surface area (Å²) in [5, 5.41) is 3.66. The molecule has 0 unspecified atom stereocenters. The van der Waals surface area contributed by atoms with E-state index < -0.39 is 0 Å². The molecule has 2 heterocycles. The number of rotatable bonds is 3. The SMILES string of the molecule is COc1ccc(C)cc1CC(=O)N1CC[C@H]2NCCCC[C@@H]2C1. The zero-order chi connectivity index (χ0) is 16.2. The van der Waals surface area contributed by atoms with Crippen molar-refractivity contribution in [2.45, 2.75) is 45.1 Å². The van der Waals surface area contributed by atoms with Gasteiger partial charge in [-0.25, -0.2) is 0 Å². The topological polar surface area (TPSA) is 41.6 Å². The Labute approximate surface area is 139 Å². The van der Waals surface area contributed by atoms with Gasteiger partial charge in [0.15, 0.2) is 0 Å². The Morgan fingerprint density at radius 1 is 1.35 bits per heavy atom. The molecule has 1 amide bonds. The van der Waals surface area contributed by atoms with Crippen molar-refractivity contribution in [3.8, 4) is 5.75 Å². The number of methoxy groups -OCH3 is 1. The summed E-state index contributed by atoms with van der Waals surface area (Å²) in [6.45, 7) is 4.97. The van der Waals surface area contributed by atoms with Gasteiger partial charge in [0.2, 0.25) is 5.91 Å². The summed E-state index contributed by atoms with van der Waals surface area (Å²) < 4.78 is 5.41. The highest BCUT2D eigenvalue weighted by molar-refractivity contribution is 5.79. The van der Waals surface area contributed by atoms with Crippen LogP contribution in [0, 0.1) is 12.8 Å². The van der Waals surface area contributed by atoms with Gasteiger partial charge in [0, 0.05) is 24.7 Å². The highest BCUT2D eigenvalue weighted by atomic mass is 16.5. The van der Waals surface area contributed by atoms with Crippen molar-refractivity contribution in [3.05, 3.63) is 29.3 Å². The number of aryl methyl sites for hydroxylation is 1. The number of likely N-dealkylation sites (tertiary alicyclic amines) is 1. The van der Waals surface area contributed by atoms with Crippen LogP contribution in [0.25, 0.3) is 0 Å². The van der Waals surface area contributed by atoms with E-state index in [1.165, 1.54) is 24.8 Å². The Bertz CT molecular complexity index is 558. The number of nitrogens with zero attached hydrogens (tertiary/aromatic N) is 1. The molecule has 0 spiro atoms. The van der Waals surface area contributed by atoms with Crippen LogP contribution in [-0.4, -0.2) is 43.6 Å². The van der Waals surface area contributed by atoms with Gasteiger partial charge in [-0.2, -0.15) is 0 Å². The molecule has 0 saturated carbocycles. The average molecular weight is 316 g/mol. The van der Waals surface area contributed by atoms with E-state index in [4.69, 9.17) is 4.74 Å². The quantitative estimate of drug-likeness (QED) is 0.932. The van der Waals surface area contributed by atoms with Gasteiger partial charge in [0.05, 0.1) is 13.5 Å². The number of benzene rings is 1. The largest absolute Gasteiger partial charge is 0.496 e. The van der Waals surface area contributed by atoms with Crippen molar-refractivity contribution in [1.82, 2.24) is 10.2 Å². The van der Waals surface area contributed by atoms with Crippen molar-refractivity contribution in [1.29, 1.82) is 0 Å². The highest BCUT2D eigenvalue weighted by Gasteiger charge is 2.32. The minimum absolute atomic E-state index is 0.233. The maximum Gasteiger partial charge on any atom is 0.227 e. The minimum Gasteiger partial charge on any atom is -0.496 e. The Morgan fingerprint density at radius 2 is 2.22 bits per heavy atom. The number of hydrogen-bond donors (Lipinski definition) is 1. The van der Waals surface area contributed by atoms with Crippen molar-refractivity contribution in [2.75, 3.05) is 26.7 Å². The maximum absolute atomic E-state index is 12.8. The Kier molecular flexibility index (Phi) is 5.21. The fraction of sp³-hybridized carbons (Fsp3) is 0.632. The maximum atomic E-state index is 12.8. The van der Waals surface area contributed by atoms with Crippen molar-refractivity contribution >= 4 is 5.91 Å². The Morgan fingerprint density at radius 3 is 3.04 bits per heavy atom. The molecule has 0 aromatic heterocycles. The summed E-state index contributed by atoms with van der Waals surface area (Å²) in [4.78, 5) is 14.8. The third-order valence-corrected chi connectivity index (χ3v) is 5.27. The van der Waals surface area contributed by atoms with Crippen LogP contribution >= 0.6 is 0 Å². The van der Waals surface area contributed by atoms with Gasteiger partial charge in [-0.1, -0.05) is 24.1 Å². The van der Waals surface area contributed by atoms with Crippen molar-refractivity contribution < 1.29 is 9.53 Å². The van der Waals surface area contributed by atoms with Crippen LogP contribution in [-0.2, 0) is 11.2 Å². The first-order valence-electron chi connectivity index (χ1n) is 8.82. The lowest BCUT2D eigenvalue weighted by Crippen LogP contribution is -2.50. The van der Waals surface area contributed by atoms with Crippen LogP contribution in [0.3, 0.4) is 0 Å². The number of amides is 1. The number of hydrogen-bond acceptors (Lipinski definition) is 3. The van der Waals surface area contributed by atoms with E-state index in [2.05, 4.69) is 23.2 Å². The predicted molar refractivity (Wildman–Crippen MR) is 91.8 cm³/mol. The van der Waals surface area contributed by atoms with E-state index in [1.807, 2.05) is 12.1 Å². The molecule has 2 fully saturated rings. The lowest BCUT2D eigenvalue weighted by atomic mass is 9.89. The first kappa shape index (κ1) is 16.3. The molecule has 0 bridgehead atoms. The van der Waals surface area contributed by atoms with Gasteiger partial charge < -0.3 is 15.0 Å². The summed E-state index contributed by atoms with van der Waals surface area (Å²) in [6.07, 6.45) is 5.32. The fourth-order valence-electron chi connectivity index (χ4n) is 3.96. The molecule has 0 aliphatic carbocycles. The molecule has 3 rings (SSSR count). The Hall–Kier alpha value is -1.55. The van der Waals surface area contributed by atoms with E-state index in [-0.39, 0.29) is 5.91 Å². The lowest BCUT2D eigenvalue weighted by molar-refractivity contribution is -0.132. The van der Waals surface area contributed by atoms with E-state index in [0.717, 1.165) is 37.4 Å². The summed E-state index contributed by atoms with van der Waals surface area (Å²) in [5.74, 6) is 1.67. The summed E-state index contributed by atoms with van der Waals surface area (Å²) in [6, 6.07) is 6.65. The van der Waals surface area contributed by atoms with Crippen molar-refractivity contribution in [2.24, 2.45) is 5.92 Å². The van der Waals surface area contributed by atoms with Crippen LogP contribution in [0.4, 0.5) is 0 Å². The second-order valence-electron chi connectivity index (χ2n) is 6.94. The van der Waals surface area contributed by atoms with Crippen LogP contribution in [0.1, 0.15) is 36.8 Å². The minimum atomic E-state index is 0.233. The molecule has 2 aliphatic heterocycles. The molecule has 126 valence electrons. The van der Waals surface area contributed by atoms with Gasteiger partial charge >= 0.3 is 0 Å². The van der Waals surface area contributed by atoms with Crippen LogP contribution in [0.15, 0.2) is 18.2 Å². The molecule has 1 aromatic carbocycles. The van der Waals surface area contributed by atoms with Gasteiger partial charge in [-0.3, -0.25) is 4.79 Å². The predicted octanol–water partition coefficient (Wildman–Crippen LogP) is 2.54. The first-order chi connectivity index (χ1) is 11.2. The van der Waals surface area contributed by atoms with Gasteiger partial charge in [-0.15, -0.1) is 0 Å². The summed E-state index contributed by atoms with van der Waals surface area (Å²) in [5.41, 5.74) is 2.17. The van der Waals surface area contributed by atoms with Crippen LogP contribution in [0.5, 0.6) is 5.75 Å². The molecule has 1 N–H and O–H groups in total. The van der Waals surface area contributed by atoms with Crippen LogP contribution < -0.4 is 10.1 Å². The molecule has 0 radical (unpaired) electrons. The van der Waals surface area contributed by atoms with Crippen LogP contribution in [0.2, 0.25) is 0 Å². The molecule has 23 heavy (non-hydrogen) atoms. The van der Waals surface area contributed by atoms with Gasteiger partial charge in [-0.05, 0) is 44.7 Å². The number of carbonyl (C=O) groups excluding carboxylic acids is 1. The third-order valence-electron chi connectivity index (χ3n) is 5.27. The molecule has 2 atom stereocenters.